The number of benzene rings is 3. The van der Waals surface area contributed by atoms with Gasteiger partial charge in [-0.05, 0) is 40.8 Å². The van der Waals surface area contributed by atoms with E-state index >= 15 is 0 Å². The fourth-order valence-electron chi connectivity index (χ4n) is 3.85. The standard InChI is InChI=1S/C25H22N2O3/c28-24(16-30-25(29)19-11-12-19)27-23(18-7-2-1-3-8-18)15-22(26-27)21-13-10-17-6-4-5-9-20(17)14-21/h1-10,13-14,19,23H,11-12,15-16H2/t23-/m1/s1. The minimum Gasteiger partial charge on any atom is -0.455 e. The average Bonchev–Trinajstić information content (AvgIpc) is 3.55. The van der Waals surface area contributed by atoms with Crippen molar-refractivity contribution in [3.8, 4) is 0 Å². The van der Waals surface area contributed by atoms with Crippen LogP contribution in [0.15, 0.2) is 77.9 Å². The summed E-state index contributed by atoms with van der Waals surface area (Å²) in [6.45, 7) is -0.271. The zero-order valence-electron chi connectivity index (χ0n) is 16.5. The van der Waals surface area contributed by atoms with Gasteiger partial charge < -0.3 is 4.74 Å². The maximum absolute atomic E-state index is 12.9. The van der Waals surface area contributed by atoms with Gasteiger partial charge in [-0.3, -0.25) is 9.59 Å². The van der Waals surface area contributed by atoms with E-state index in [9.17, 15) is 9.59 Å². The number of hydrazone groups is 1. The van der Waals surface area contributed by atoms with Gasteiger partial charge in [-0.2, -0.15) is 5.10 Å². The molecule has 0 spiro atoms. The van der Waals surface area contributed by atoms with E-state index in [-0.39, 0.29) is 30.4 Å². The van der Waals surface area contributed by atoms with Gasteiger partial charge in [-0.15, -0.1) is 0 Å². The molecule has 1 atom stereocenters. The number of amides is 1. The van der Waals surface area contributed by atoms with Gasteiger partial charge in [0.1, 0.15) is 0 Å². The number of nitrogens with zero attached hydrogens (tertiary/aromatic N) is 2. The summed E-state index contributed by atoms with van der Waals surface area (Å²) >= 11 is 0. The third-order valence-electron chi connectivity index (χ3n) is 5.68. The van der Waals surface area contributed by atoms with E-state index in [1.807, 2.05) is 48.5 Å². The molecule has 0 unspecified atom stereocenters. The lowest BCUT2D eigenvalue weighted by atomic mass is 9.97. The Balaban J connectivity index is 1.43. The predicted molar refractivity (Wildman–Crippen MR) is 115 cm³/mol. The molecule has 2 aliphatic rings. The van der Waals surface area contributed by atoms with Crippen molar-refractivity contribution in [3.63, 3.8) is 0 Å². The molecule has 1 saturated carbocycles. The summed E-state index contributed by atoms with van der Waals surface area (Å²) in [6, 6.07) is 24.1. The van der Waals surface area contributed by atoms with E-state index in [1.165, 1.54) is 10.4 Å². The van der Waals surface area contributed by atoms with Crippen molar-refractivity contribution in [2.45, 2.75) is 25.3 Å². The lowest BCUT2D eigenvalue weighted by molar-refractivity contribution is -0.153. The second kappa shape index (κ2) is 7.75. The molecule has 3 aromatic carbocycles. The number of rotatable bonds is 5. The van der Waals surface area contributed by atoms with E-state index in [1.54, 1.807) is 0 Å². The second-order valence-electron chi connectivity index (χ2n) is 7.86. The van der Waals surface area contributed by atoms with Crippen molar-refractivity contribution in [1.29, 1.82) is 0 Å². The fourth-order valence-corrected chi connectivity index (χ4v) is 3.85. The molecule has 1 aliphatic carbocycles. The fraction of sp³-hybridized carbons (Fsp3) is 0.240. The first kappa shape index (κ1) is 18.6. The summed E-state index contributed by atoms with van der Waals surface area (Å²) in [5.74, 6) is -0.607. The van der Waals surface area contributed by atoms with Crippen LogP contribution in [-0.4, -0.2) is 29.2 Å². The molecule has 0 N–H and O–H groups in total. The molecule has 30 heavy (non-hydrogen) atoms. The minimum atomic E-state index is -0.298. The van der Waals surface area contributed by atoms with E-state index in [0.717, 1.165) is 35.1 Å². The smallest absolute Gasteiger partial charge is 0.309 e. The van der Waals surface area contributed by atoms with Gasteiger partial charge in [0, 0.05) is 6.42 Å². The van der Waals surface area contributed by atoms with Gasteiger partial charge in [-0.25, -0.2) is 5.01 Å². The molecule has 1 aliphatic heterocycles. The average molecular weight is 398 g/mol. The third kappa shape index (κ3) is 3.71. The Bertz CT molecular complexity index is 1140. The van der Waals surface area contributed by atoms with Crippen LogP contribution in [0, 0.1) is 5.92 Å². The van der Waals surface area contributed by atoms with Gasteiger partial charge in [0.25, 0.3) is 5.91 Å². The molecule has 5 nitrogen and oxygen atoms in total. The molecule has 150 valence electrons. The van der Waals surface area contributed by atoms with Crippen molar-refractivity contribution in [2.75, 3.05) is 6.61 Å². The zero-order valence-corrected chi connectivity index (χ0v) is 16.5. The number of fused-ring (bicyclic) bond motifs is 1. The molecule has 0 bridgehead atoms. The Morgan fingerprint density at radius 2 is 1.67 bits per heavy atom. The van der Waals surface area contributed by atoms with Gasteiger partial charge in [0.15, 0.2) is 6.61 Å². The summed E-state index contributed by atoms with van der Waals surface area (Å²) in [4.78, 5) is 24.8. The summed E-state index contributed by atoms with van der Waals surface area (Å²) in [6.07, 6.45) is 2.33. The van der Waals surface area contributed by atoms with E-state index in [0.29, 0.717) is 6.42 Å². The number of carbonyl (C=O) groups is 2. The Labute approximate surface area is 175 Å². The van der Waals surface area contributed by atoms with E-state index < -0.39 is 0 Å². The number of carbonyl (C=O) groups excluding carboxylic acids is 2. The predicted octanol–water partition coefficient (Wildman–Crippen LogP) is 4.47. The molecule has 1 amide bonds. The largest absolute Gasteiger partial charge is 0.455 e. The van der Waals surface area contributed by atoms with Crippen LogP contribution in [0.4, 0.5) is 0 Å². The molecular weight excluding hydrogens is 376 g/mol. The Hall–Kier alpha value is -3.47. The highest BCUT2D eigenvalue weighted by Gasteiger charge is 2.35. The maximum Gasteiger partial charge on any atom is 0.309 e. The van der Waals surface area contributed by atoms with Crippen molar-refractivity contribution in [2.24, 2.45) is 11.0 Å². The molecular formula is C25H22N2O3. The Kier molecular flexibility index (Phi) is 4.79. The van der Waals surface area contributed by atoms with Crippen LogP contribution < -0.4 is 0 Å². The topological polar surface area (TPSA) is 59.0 Å². The highest BCUT2D eigenvalue weighted by molar-refractivity contribution is 6.05. The first-order chi connectivity index (χ1) is 14.7. The number of hydrogen-bond donors (Lipinski definition) is 0. The molecule has 0 saturated heterocycles. The van der Waals surface area contributed by atoms with Gasteiger partial charge >= 0.3 is 5.97 Å². The van der Waals surface area contributed by atoms with Crippen LogP contribution in [0.25, 0.3) is 10.8 Å². The summed E-state index contributed by atoms with van der Waals surface area (Å²) in [7, 11) is 0. The lowest BCUT2D eigenvalue weighted by Gasteiger charge is -2.21. The molecule has 5 rings (SSSR count). The summed E-state index contributed by atoms with van der Waals surface area (Å²) in [5.41, 5.74) is 2.87. The van der Waals surface area contributed by atoms with E-state index in [4.69, 9.17) is 4.74 Å². The highest BCUT2D eigenvalue weighted by Crippen LogP contribution is 2.34. The molecule has 5 heteroatoms. The molecule has 3 aromatic rings. The van der Waals surface area contributed by atoms with Crippen LogP contribution in [0.2, 0.25) is 0 Å². The quantitative estimate of drug-likeness (QED) is 0.596. The highest BCUT2D eigenvalue weighted by atomic mass is 16.5. The van der Waals surface area contributed by atoms with E-state index in [2.05, 4.69) is 29.4 Å². The van der Waals surface area contributed by atoms with Crippen LogP contribution in [-0.2, 0) is 14.3 Å². The van der Waals surface area contributed by atoms with Crippen molar-refractivity contribution in [1.82, 2.24) is 5.01 Å². The third-order valence-corrected chi connectivity index (χ3v) is 5.68. The Morgan fingerprint density at radius 3 is 2.43 bits per heavy atom. The number of hydrogen-bond acceptors (Lipinski definition) is 4. The van der Waals surface area contributed by atoms with Gasteiger partial charge in [0.2, 0.25) is 0 Å². The maximum atomic E-state index is 12.9. The second-order valence-corrected chi connectivity index (χ2v) is 7.86. The molecule has 0 aromatic heterocycles. The first-order valence-corrected chi connectivity index (χ1v) is 10.3. The number of ether oxygens (including phenoxy) is 1. The lowest BCUT2D eigenvalue weighted by Crippen LogP contribution is -2.31. The normalized spacial score (nSPS) is 18.3. The number of esters is 1. The zero-order chi connectivity index (χ0) is 20.5. The van der Waals surface area contributed by atoms with Gasteiger partial charge in [0.05, 0.1) is 17.7 Å². The van der Waals surface area contributed by atoms with Gasteiger partial charge in [-0.1, -0.05) is 66.7 Å². The summed E-state index contributed by atoms with van der Waals surface area (Å²) < 4.78 is 5.22. The monoisotopic (exact) mass is 398 g/mol. The Morgan fingerprint density at radius 1 is 0.933 bits per heavy atom. The summed E-state index contributed by atoms with van der Waals surface area (Å²) in [5, 5.41) is 8.46. The van der Waals surface area contributed by atoms with Crippen molar-refractivity contribution < 1.29 is 14.3 Å². The minimum absolute atomic E-state index is 0.0297. The molecule has 1 fully saturated rings. The van der Waals surface area contributed by atoms with Crippen LogP contribution in [0.5, 0.6) is 0 Å². The SMILES string of the molecule is O=C(OCC(=O)N1N=C(c2ccc3ccccc3c2)C[C@@H]1c1ccccc1)C1CC1. The van der Waals surface area contributed by atoms with Crippen molar-refractivity contribution >= 4 is 28.4 Å². The molecule has 1 heterocycles. The first-order valence-electron chi connectivity index (χ1n) is 10.3. The van der Waals surface area contributed by atoms with Crippen LogP contribution in [0.1, 0.15) is 36.4 Å². The molecule has 0 radical (unpaired) electrons. The van der Waals surface area contributed by atoms with Crippen molar-refractivity contribution in [3.05, 3.63) is 83.9 Å². The van der Waals surface area contributed by atoms with Crippen LogP contribution >= 0.6 is 0 Å². The van der Waals surface area contributed by atoms with Crippen LogP contribution in [0.3, 0.4) is 0 Å².